The van der Waals surface area contributed by atoms with Crippen LogP contribution in [0.3, 0.4) is 0 Å². The molecule has 0 fully saturated rings. The molecule has 0 saturated carbocycles. The number of aromatic nitrogens is 1. The van der Waals surface area contributed by atoms with E-state index >= 15 is 0 Å². The van der Waals surface area contributed by atoms with Crippen molar-refractivity contribution < 1.29 is 17.9 Å². The minimum absolute atomic E-state index is 0.00468. The lowest BCUT2D eigenvalue weighted by atomic mass is 10.2. The van der Waals surface area contributed by atoms with E-state index in [9.17, 15) is 13.2 Å². The summed E-state index contributed by atoms with van der Waals surface area (Å²) in [5.74, 6) is -0.210. The zero-order chi connectivity index (χ0) is 17.6. The second-order valence-electron chi connectivity index (χ2n) is 5.12. The summed E-state index contributed by atoms with van der Waals surface area (Å²) in [4.78, 5) is 15.8. The van der Waals surface area contributed by atoms with E-state index < -0.39 is 15.9 Å². The molecule has 1 amide bonds. The molecule has 1 heterocycles. The monoisotopic (exact) mass is 349 g/mol. The second kappa shape index (κ2) is 7.89. The Morgan fingerprint density at radius 3 is 2.75 bits per heavy atom. The van der Waals surface area contributed by atoms with Crippen LogP contribution in [0.25, 0.3) is 0 Å². The predicted molar refractivity (Wildman–Crippen MR) is 89.0 cm³/mol. The van der Waals surface area contributed by atoms with E-state index in [1.807, 2.05) is 6.07 Å². The van der Waals surface area contributed by atoms with Gasteiger partial charge < -0.3 is 10.1 Å². The summed E-state index contributed by atoms with van der Waals surface area (Å²) in [5, 5.41) is 2.63. The fourth-order valence-electron chi connectivity index (χ4n) is 2.00. The van der Waals surface area contributed by atoms with Gasteiger partial charge in [0.1, 0.15) is 10.6 Å². The quantitative estimate of drug-likeness (QED) is 0.777. The summed E-state index contributed by atoms with van der Waals surface area (Å²) in [6, 6.07) is 8.39. The third-order valence-corrected chi connectivity index (χ3v) is 4.67. The Morgan fingerprint density at radius 1 is 1.29 bits per heavy atom. The molecule has 2 aromatic rings. The van der Waals surface area contributed by atoms with Gasteiger partial charge in [0.2, 0.25) is 15.9 Å². The molecule has 0 spiro atoms. The van der Waals surface area contributed by atoms with Crippen molar-refractivity contribution in [1.82, 2.24) is 15.0 Å². The van der Waals surface area contributed by atoms with Crippen LogP contribution in [0.4, 0.5) is 0 Å². The van der Waals surface area contributed by atoms with Gasteiger partial charge in [-0.3, -0.25) is 9.78 Å². The Labute approximate surface area is 141 Å². The maximum atomic E-state index is 12.4. The average molecular weight is 349 g/mol. The number of ether oxygens (including phenoxy) is 1. The van der Waals surface area contributed by atoms with Gasteiger partial charge >= 0.3 is 0 Å². The third kappa shape index (κ3) is 4.77. The van der Waals surface area contributed by atoms with Gasteiger partial charge in [-0.05, 0) is 36.2 Å². The molecule has 2 rings (SSSR count). The molecule has 1 aromatic carbocycles. The normalized spacial score (nSPS) is 11.1. The maximum Gasteiger partial charge on any atom is 0.244 e. The molecule has 0 atom stereocenters. The minimum Gasteiger partial charge on any atom is -0.495 e. The lowest BCUT2D eigenvalue weighted by molar-refractivity contribution is -0.120. The van der Waals surface area contributed by atoms with Crippen LogP contribution in [0.1, 0.15) is 11.1 Å². The number of methoxy groups -OCH3 is 1. The highest BCUT2D eigenvalue weighted by Crippen LogP contribution is 2.24. The van der Waals surface area contributed by atoms with Gasteiger partial charge in [-0.1, -0.05) is 12.1 Å². The summed E-state index contributed by atoms with van der Waals surface area (Å²) < 4.78 is 32.1. The lowest BCUT2D eigenvalue weighted by Crippen LogP contribution is -2.36. The van der Waals surface area contributed by atoms with E-state index in [1.54, 1.807) is 37.5 Å². The van der Waals surface area contributed by atoms with Crippen molar-refractivity contribution in [2.45, 2.75) is 18.4 Å². The van der Waals surface area contributed by atoms with Crippen molar-refractivity contribution in [3.8, 4) is 5.75 Å². The molecule has 7 nitrogen and oxygen atoms in total. The lowest BCUT2D eigenvalue weighted by Gasteiger charge is -2.11. The van der Waals surface area contributed by atoms with Crippen molar-refractivity contribution in [1.29, 1.82) is 0 Å². The van der Waals surface area contributed by atoms with E-state index in [4.69, 9.17) is 4.74 Å². The molecule has 0 radical (unpaired) electrons. The van der Waals surface area contributed by atoms with E-state index in [2.05, 4.69) is 15.0 Å². The first-order valence-corrected chi connectivity index (χ1v) is 8.70. The van der Waals surface area contributed by atoms with Crippen LogP contribution in [0.5, 0.6) is 5.75 Å². The summed E-state index contributed by atoms with van der Waals surface area (Å²) in [6.45, 7) is 1.70. The second-order valence-corrected chi connectivity index (χ2v) is 6.85. The van der Waals surface area contributed by atoms with Gasteiger partial charge in [0.15, 0.2) is 0 Å². The van der Waals surface area contributed by atoms with E-state index in [0.717, 1.165) is 11.1 Å². The SMILES string of the molecule is COc1ccc(C)cc1S(=O)(=O)NCC(=O)NCc1cccnc1. The first-order chi connectivity index (χ1) is 11.4. The Kier molecular flexibility index (Phi) is 5.88. The molecule has 8 heteroatoms. The fraction of sp³-hybridized carbons (Fsp3) is 0.250. The molecule has 128 valence electrons. The average Bonchev–Trinajstić information content (AvgIpc) is 2.59. The summed E-state index contributed by atoms with van der Waals surface area (Å²) in [5.41, 5.74) is 1.60. The zero-order valence-electron chi connectivity index (χ0n) is 13.4. The molecule has 1 aromatic heterocycles. The highest BCUT2D eigenvalue weighted by molar-refractivity contribution is 7.89. The summed E-state index contributed by atoms with van der Waals surface area (Å²) >= 11 is 0. The van der Waals surface area contributed by atoms with Crippen LogP contribution in [-0.2, 0) is 21.4 Å². The first-order valence-electron chi connectivity index (χ1n) is 7.22. The molecule has 0 saturated heterocycles. The third-order valence-electron chi connectivity index (χ3n) is 3.24. The van der Waals surface area contributed by atoms with E-state index in [0.29, 0.717) is 0 Å². The minimum atomic E-state index is -3.85. The predicted octanol–water partition coefficient (Wildman–Crippen LogP) is 0.993. The van der Waals surface area contributed by atoms with Crippen LogP contribution >= 0.6 is 0 Å². The number of nitrogens with one attached hydrogen (secondary N) is 2. The number of amides is 1. The van der Waals surface area contributed by atoms with Crippen molar-refractivity contribution in [3.63, 3.8) is 0 Å². The Morgan fingerprint density at radius 2 is 2.08 bits per heavy atom. The van der Waals surface area contributed by atoms with Crippen LogP contribution in [0, 0.1) is 6.92 Å². The summed E-state index contributed by atoms with van der Waals surface area (Å²) in [6.07, 6.45) is 3.26. The molecule has 0 aliphatic heterocycles. The molecule has 0 bridgehead atoms. The Bertz CT molecular complexity index is 807. The van der Waals surface area contributed by atoms with E-state index in [1.165, 1.54) is 13.2 Å². The number of benzene rings is 1. The number of nitrogens with zero attached hydrogens (tertiary/aromatic N) is 1. The van der Waals surface area contributed by atoms with Gasteiger partial charge in [-0.15, -0.1) is 0 Å². The number of aryl methyl sites for hydroxylation is 1. The highest BCUT2D eigenvalue weighted by atomic mass is 32.2. The number of rotatable bonds is 7. The zero-order valence-corrected chi connectivity index (χ0v) is 14.3. The Balaban J connectivity index is 1.97. The number of hydrogen-bond acceptors (Lipinski definition) is 5. The molecule has 0 unspecified atom stereocenters. The maximum absolute atomic E-state index is 12.4. The number of carbonyl (C=O) groups excluding carboxylic acids is 1. The van der Waals surface area contributed by atoms with Crippen LogP contribution in [-0.4, -0.2) is 33.0 Å². The van der Waals surface area contributed by atoms with Gasteiger partial charge in [-0.2, -0.15) is 0 Å². The molecule has 2 N–H and O–H groups in total. The number of hydrogen-bond donors (Lipinski definition) is 2. The molecular weight excluding hydrogens is 330 g/mol. The molecule has 24 heavy (non-hydrogen) atoms. The van der Waals surface area contributed by atoms with Crippen LogP contribution < -0.4 is 14.8 Å². The molecular formula is C16H19N3O4S. The number of carbonyl (C=O) groups is 1. The van der Waals surface area contributed by atoms with E-state index in [-0.39, 0.29) is 23.7 Å². The standard InChI is InChI=1S/C16H19N3O4S/c1-12-5-6-14(23-2)15(8-12)24(21,22)19-11-16(20)18-10-13-4-3-7-17-9-13/h3-9,19H,10-11H2,1-2H3,(H,18,20). The topological polar surface area (TPSA) is 97.4 Å². The largest absolute Gasteiger partial charge is 0.495 e. The van der Waals surface area contributed by atoms with Gasteiger partial charge in [0, 0.05) is 18.9 Å². The van der Waals surface area contributed by atoms with Crippen LogP contribution in [0.2, 0.25) is 0 Å². The fourth-order valence-corrected chi connectivity index (χ4v) is 3.23. The van der Waals surface area contributed by atoms with Gasteiger partial charge in [0.25, 0.3) is 0 Å². The number of sulfonamides is 1. The molecule has 0 aliphatic carbocycles. The van der Waals surface area contributed by atoms with Gasteiger partial charge in [0.05, 0.1) is 13.7 Å². The van der Waals surface area contributed by atoms with Crippen molar-refractivity contribution >= 4 is 15.9 Å². The summed E-state index contributed by atoms with van der Waals surface area (Å²) in [7, 11) is -2.46. The van der Waals surface area contributed by atoms with Crippen molar-refractivity contribution in [2.24, 2.45) is 0 Å². The smallest absolute Gasteiger partial charge is 0.244 e. The number of pyridine rings is 1. The van der Waals surface area contributed by atoms with Crippen molar-refractivity contribution in [3.05, 3.63) is 53.9 Å². The van der Waals surface area contributed by atoms with Crippen LogP contribution in [0.15, 0.2) is 47.6 Å². The van der Waals surface area contributed by atoms with Crippen molar-refractivity contribution in [2.75, 3.05) is 13.7 Å². The highest BCUT2D eigenvalue weighted by Gasteiger charge is 2.20. The Hall–Kier alpha value is -2.45. The van der Waals surface area contributed by atoms with Gasteiger partial charge in [-0.25, -0.2) is 13.1 Å². The first kappa shape index (κ1) is 17.9. The molecule has 0 aliphatic rings.